The van der Waals surface area contributed by atoms with Crippen molar-refractivity contribution in [2.75, 3.05) is 6.54 Å². The number of aromatic nitrogens is 1. The summed E-state index contributed by atoms with van der Waals surface area (Å²) in [5.74, 6) is 0.130. The normalized spacial score (nSPS) is 20.5. The fourth-order valence-electron chi connectivity index (χ4n) is 2.05. The zero-order valence-electron chi connectivity index (χ0n) is 10.0. The molecule has 1 aromatic rings. The van der Waals surface area contributed by atoms with E-state index in [1.54, 1.807) is 10.3 Å². The summed E-state index contributed by atoms with van der Waals surface area (Å²) in [5.41, 5.74) is 0.818. The molecular formula is C11H17N3O2S. The molecule has 1 fully saturated rings. The molecule has 1 saturated heterocycles. The highest BCUT2D eigenvalue weighted by Crippen LogP contribution is 2.14. The maximum absolute atomic E-state index is 12.0. The first-order valence-corrected chi connectivity index (χ1v) is 6.65. The molecular weight excluding hydrogens is 238 g/mol. The Morgan fingerprint density at radius 2 is 2.35 bits per heavy atom. The van der Waals surface area contributed by atoms with Gasteiger partial charge in [0.25, 0.3) is 0 Å². The highest BCUT2D eigenvalue weighted by molar-refractivity contribution is 7.07. The number of carbonyl (C=O) groups is 1. The van der Waals surface area contributed by atoms with E-state index in [4.69, 9.17) is 0 Å². The average molecular weight is 255 g/mol. The van der Waals surface area contributed by atoms with Gasteiger partial charge < -0.3 is 15.2 Å². The van der Waals surface area contributed by atoms with Crippen molar-refractivity contribution < 1.29 is 4.79 Å². The van der Waals surface area contributed by atoms with Crippen LogP contribution in [0.4, 0.5) is 0 Å². The maximum atomic E-state index is 12.0. The molecule has 2 N–H and O–H groups in total. The van der Waals surface area contributed by atoms with Gasteiger partial charge in [-0.1, -0.05) is 25.2 Å². The lowest BCUT2D eigenvalue weighted by Gasteiger charge is -2.17. The molecule has 5 nitrogen and oxygen atoms in total. The van der Waals surface area contributed by atoms with Crippen LogP contribution in [0, 0.1) is 0 Å². The maximum Gasteiger partial charge on any atom is 0.304 e. The van der Waals surface area contributed by atoms with Gasteiger partial charge in [0, 0.05) is 23.7 Å². The molecule has 0 radical (unpaired) electrons. The SMILES string of the molecule is CC(C)NC1CCN(Cc2csc(=O)[nH]2)C1=O. The second-order valence-electron chi connectivity index (χ2n) is 4.60. The van der Waals surface area contributed by atoms with Crippen molar-refractivity contribution in [2.45, 2.75) is 38.9 Å². The van der Waals surface area contributed by atoms with Gasteiger partial charge in [0.2, 0.25) is 5.91 Å². The lowest BCUT2D eigenvalue weighted by atomic mass is 10.2. The fourth-order valence-corrected chi connectivity index (χ4v) is 2.62. The predicted molar refractivity (Wildman–Crippen MR) is 67.0 cm³/mol. The summed E-state index contributed by atoms with van der Waals surface area (Å²) in [5, 5.41) is 5.03. The average Bonchev–Trinajstić information content (AvgIpc) is 2.79. The molecule has 0 saturated carbocycles. The quantitative estimate of drug-likeness (QED) is 0.825. The van der Waals surface area contributed by atoms with Gasteiger partial charge in [-0.15, -0.1) is 0 Å². The molecule has 1 amide bonds. The molecule has 0 aliphatic carbocycles. The van der Waals surface area contributed by atoms with Gasteiger partial charge in [0.05, 0.1) is 12.6 Å². The van der Waals surface area contributed by atoms with E-state index in [1.165, 1.54) is 0 Å². The molecule has 0 bridgehead atoms. The summed E-state index contributed by atoms with van der Waals surface area (Å²) in [7, 11) is 0. The minimum absolute atomic E-state index is 0.0662. The summed E-state index contributed by atoms with van der Waals surface area (Å²) < 4.78 is 0. The minimum atomic E-state index is -0.0691. The largest absolute Gasteiger partial charge is 0.335 e. The number of nitrogens with one attached hydrogen (secondary N) is 2. The van der Waals surface area contributed by atoms with Crippen LogP contribution < -0.4 is 10.2 Å². The third kappa shape index (κ3) is 2.95. The van der Waals surface area contributed by atoms with Crippen LogP contribution >= 0.6 is 11.3 Å². The third-order valence-corrected chi connectivity index (χ3v) is 3.48. The number of rotatable bonds is 4. The zero-order chi connectivity index (χ0) is 12.4. The van der Waals surface area contributed by atoms with Crippen molar-refractivity contribution in [2.24, 2.45) is 0 Å². The number of thiazole rings is 1. The lowest BCUT2D eigenvalue weighted by Crippen LogP contribution is -2.41. The van der Waals surface area contributed by atoms with Crippen molar-refractivity contribution in [1.29, 1.82) is 0 Å². The molecule has 2 heterocycles. The second kappa shape index (κ2) is 5.01. The van der Waals surface area contributed by atoms with Crippen molar-refractivity contribution >= 4 is 17.2 Å². The first-order chi connectivity index (χ1) is 8.06. The molecule has 1 aliphatic rings. The molecule has 1 aromatic heterocycles. The Bertz CT molecular complexity index is 452. The summed E-state index contributed by atoms with van der Waals surface area (Å²) >= 11 is 1.14. The van der Waals surface area contributed by atoms with Crippen LogP contribution in [0.5, 0.6) is 0 Å². The number of carbonyl (C=O) groups excluding carboxylic acids is 1. The number of likely N-dealkylation sites (tertiary alicyclic amines) is 1. The summed E-state index contributed by atoms with van der Waals surface area (Å²) in [6.07, 6.45) is 0.839. The van der Waals surface area contributed by atoms with Gasteiger partial charge >= 0.3 is 4.87 Å². The number of nitrogens with zero attached hydrogens (tertiary/aromatic N) is 1. The highest BCUT2D eigenvalue weighted by Gasteiger charge is 2.31. The van der Waals surface area contributed by atoms with Crippen molar-refractivity contribution in [3.8, 4) is 0 Å². The van der Waals surface area contributed by atoms with Crippen molar-refractivity contribution in [3.63, 3.8) is 0 Å². The zero-order valence-corrected chi connectivity index (χ0v) is 10.8. The minimum Gasteiger partial charge on any atom is -0.335 e. The molecule has 94 valence electrons. The summed E-state index contributed by atoms with van der Waals surface area (Å²) in [4.78, 5) is 27.5. The van der Waals surface area contributed by atoms with E-state index in [2.05, 4.69) is 10.3 Å². The number of H-pyrrole nitrogens is 1. The van der Waals surface area contributed by atoms with Crippen molar-refractivity contribution in [1.82, 2.24) is 15.2 Å². The van der Waals surface area contributed by atoms with E-state index < -0.39 is 0 Å². The van der Waals surface area contributed by atoms with E-state index in [1.807, 2.05) is 13.8 Å². The highest BCUT2D eigenvalue weighted by atomic mass is 32.1. The first-order valence-electron chi connectivity index (χ1n) is 5.78. The molecule has 1 atom stereocenters. The molecule has 17 heavy (non-hydrogen) atoms. The van der Waals surface area contributed by atoms with Crippen LogP contribution in [0.25, 0.3) is 0 Å². The molecule has 6 heteroatoms. The van der Waals surface area contributed by atoms with Gasteiger partial charge in [0.1, 0.15) is 0 Å². The van der Waals surface area contributed by atoms with E-state index in [-0.39, 0.29) is 16.8 Å². The Balaban J connectivity index is 1.96. The Labute approximate surface area is 104 Å². The van der Waals surface area contributed by atoms with Gasteiger partial charge in [-0.05, 0) is 6.42 Å². The number of hydrogen-bond acceptors (Lipinski definition) is 4. The number of amides is 1. The van der Waals surface area contributed by atoms with Gasteiger partial charge in [-0.3, -0.25) is 9.59 Å². The molecule has 1 unspecified atom stereocenters. The van der Waals surface area contributed by atoms with Gasteiger partial charge in [-0.2, -0.15) is 0 Å². The smallest absolute Gasteiger partial charge is 0.304 e. The van der Waals surface area contributed by atoms with Crippen LogP contribution in [0.2, 0.25) is 0 Å². The topological polar surface area (TPSA) is 65.2 Å². The van der Waals surface area contributed by atoms with Crippen LogP contribution in [0.3, 0.4) is 0 Å². The molecule has 0 spiro atoms. The molecule has 2 rings (SSSR count). The number of aromatic amines is 1. The van der Waals surface area contributed by atoms with E-state index in [0.717, 1.165) is 30.0 Å². The van der Waals surface area contributed by atoms with Crippen LogP contribution in [-0.4, -0.2) is 34.4 Å². The fraction of sp³-hybridized carbons (Fsp3) is 0.636. The predicted octanol–water partition coefficient (Wildman–Crippen LogP) is 0.535. The summed E-state index contributed by atoms with van der Waals surface area (Å²) in [6.45, 7) is 5.33. The standard InChI is InChI=1S/C11H17N3O2S/c1-7(2)12-9-3-4-14(10(9)15)5-8-6-17-11(16)13-8/h6-7,9,12H,3-5H2,1-2H3,(H,13,16). The van der Waals surface area contributed by atoms with Gasteiger partial charge in [0.15, 0.2) is 0 Å². The third-order valence-electron chi connectivity index (χ3n) is 2.76. The van der Waals surface area contributed by atoms with E-state index >= 15 is 0 Å². The van der Waals surface area contributed by atoms with Crippen LogP contribution in [0.1, 0.15) is 26.0 Å². The second-order valence-corrected chi connectivity index (χ2v) is 5.44. The Hall–Kier alpha value is -1.14. The molecule has 0 aromatic carbocycles. The van der Waals surface area contributed by atoms with E-state index in [0.29, 0.717) is 12.6 Å². The monoisotopic (exact) mass is 255 g/mol. The van der Waals surface area contributed by atoms with Crippen LogP contribution in [0.15, 0.2) is 10.2 Å². The van der Waals surface area contributed by atoms with Crippen molar-refractivity contribution in [3.05, 3.63) is 20.7 Å². The van der Waals surface area contributed by atoms with Crippen LogP contribution in [-0.2, 0) is 11.3 Å². The van der Waals surface area contributed by atoms with Gasteiger partial charge in [-0.25, -0.2) is 0 Å². The Morgan fingerprint density at radius 1 is 1.59 bits per heavy atom. The number of hydrogen-bond donors (Lipinski definition) is 2. The van der Waals surface area contributed by atoms with E-state index in [9.17, 15) is 9.59 Å². The molecule has 1 aliphatic heterocycles. The lowest BCUT2D eigenvalue weighted by molar-refractivity contribution is -0.130. The first kappa shape index (κ1) is 12.3. The Kier molecular flexibility index (Phi) is 3.63. The Morgan fingerprint density at radius 3 is 2.94 bits per heavy atom. The summed E-state index contributed by atoms with van der Waals surface area (Å²) in [6, 6.07) is 0.241.